The smallest absolute Gasteiger partial charge is 0.0145 e. The molecule has 0 aliphatic carbocycles. The highest BCUT2D eigenvalue weighted by Crippen LogP contribution is 2.31. The molecule has 2 aliphatic rings. The van der Waals surface area contributed by atoms with Crippen molar-refractivity contribution in [3.8, 4) is 0 Å². The molecule has 0 aromatic rings. The largest absolute Gasteiger partial charge is 0.307 e. The number of piperidine rings is 1. The lowest BCUT2D eigenvalue weighted by atomic mass is 9.79. The molecule has 0 saturated carbocycles. The Balaban J connectivity index is 2.00. The SMILES string of the molecule is CN1CCN(C2CC(C)(C)NC(C)(C)C2)CC1. The lowest BCUT2D eigenvalue weighted by Gasteiger charge is -2.51. The summed E-state index contributed by atoms with van der Waals surface area (Å²) >= 11 is 0. The number of hydrogen-bond donors (Lipinski definition) is 1. The Morgan fingerprint density at radius 3 is 1.82 bits per heavy atom. The summed E-state index contributed by atoms with van der Waals surface area (Å²) in [4.78, 5) is 5.15. The van der Waals surface area contributed by atoms with Crippen LogP contribution in [0.2, 0.25) is 0 Å². The Labute approximate surface area is 107 Å². The number of piperazine rings is 1. The van der Waals surface area contributed by atoms with Crippen molar-refractivity contribution in [2.24, 2.45) is 0 Å². The van der Waals surface area contributed by atoms with E-state index in [1.807, 2.05) is 0 Å². The van der Waals surface area contributed by atoms with E-state index < -0.39 is 0 Å². The lowest BCUT2D eigenvalue weighted by Crippen LogP contribution is -2.63. The van der Waals surface area contributed by atoms with Crippen LogP contribution in [0, 0.1) is 0 Å². The van der Waals surface area contributed by atoms with Gasteiger partial charge in [-0.3, -0.25) is 4.90 Å². The van der Waals surface area contributed by atoms with Crippen LogP contribution >= 0.6 is 0 Å². The predicted octanol–water partition coefficient (Wildman–Crippen LogP) is 1.54. The van der Waals surface area contributed by atoms with E-state index in [-0.39, 0.29) is 11.1 Å². The van der Waals surface area contributed by atoms with Crippen molar-refractivity contribution in [3.05, 3.63) is 0 Å². The summed E-state index contributed by atoms with van der Waals surface area (Å²) < 4.78 is 0. The average molecular weight is 239 g/mol. The zero-order valence-electron chi connectivity index (χ0n) is 12.2. The number of likely N-dealkylation sites (N-methyl/N-ethyl adjacent to an activating group) is 1. The Bertz CT molecular complexity index is 249. The van der Waals surface area contributed by atoms with Crippen LogP contribution in [-0.2, 0) is 0 Å². The van der Waals surface area contributed by atoms with E-state index in [4.69, 9.17) is 0 Å². The molecule has 0 aromatic heterocycles. The molecule has 2 heterocycles. The molecule has 2 aliphatic heterocycles. The molecule has 0 amide bonds. The van der Waals surface area contributed by atoms with Crippen LogP contribution in [0.1, 0.15) is 40.5 Å². The van der Waals surface area contributed by atoms with Crippen molar-refractivity contribution in [2.75, 3.05) is 33.2 Å². The molecule has 2 rings (SSSR count). The molecule has 1 N–H and O–H groups in total. The Morgan fingerprint density at radius 2 is 1.35 bits per heavy atom. The Morgan fingerprint density at radius 1 is 0.882 bits per heavy atom. The number of nitrogens with zero attached hydrogens (tertiary/aromatic N) is 2. The van der Waals surface area contributed by atoms with Gasteiger partial charge in [0.05, 0.1) is 0 Å². The van der Waals surface area contributed by atoms with Crippen molar-refractivity contribution < 1.29 is 0 Å². The molecule has 2 saturated heterocycles. The summed E-state index contributed by atoms with van der Waals surface area (Å²) in [6, 6.07) is 0.759. The van der Waals surface area contributed by atoms with Crippen LogP contribution in [0.5, 0.6) is 0 Å². The van der Waals surface area contributed by atoms with E-state index in [1.165, 1.54) is 39.0 Å². The second-order valence-electron chi connectivity index (χ2n) is 7.29. The minimum Gasteiger partial charge on any atom is -0.307 e. The minimum absolute atomic E-state index is 0.274. The quantitative estimate of drug-likeness (QED) is 0.749. The molecule has 0 aromatic carbocycles. The van der Waals surface area contributed by atoms with Gasteiger partial charge in [-0.1, -0.05) is 0 Å². The van der Waals surface area contributed by atoms with Gasteiger partial charge >= 0.3 is 0 Å². The van der Waals surface area contributed by atoms with Crippen LogP contribution < -0.4 is 5.32 Å². The fraction of sp³-hybridized carbons (Fsp3) is 1.00. The first kappa shape index (κ1) is 13.3. The van der Waals surface area contributed by atoms with Crippen molar-refractivity contribution in [3.63, 3.8) is 0 Å². The zero-order chi connectivity index (χ0) is 12.7. The molecule has 17 heavy (non-hydrogen) atoms. The summed E-state index contributed by atoms with van der Waals surface area (Å²) in [5.74, 6) is 0. The fourth-order valence-corrected chi connectivity index (χ4v) is 3.71. The summed E-state index contributed by atoms with van der Waals surface area (Å²) in [6.45, 7) is 14.3. The van der Waals surface area contributed by atoms with Gasteiger partial charge in [0.25, 0.3) is 0 Å². The number of rotatable bonds is 1. The number of nitrogens with one attached hydrogen (secondary N) is 1. The molecule has 100 valence electrons. The van der Waals surface area contributed by atoms with Gasteiger partial charge in [0.1, 0.15) is 0 Å². The molecule has 3 heteroatoms. The maximum atomic E-state index is 3.77. The van der Waals surface area contributed by atoms with E-state index in [0.29, 0.717) is 0 Å². The first-order valence-corrected chi connectivity index (χ1v) is 6.99. The van der Waals surface area contributed by atoms with Crippen molar-refractivity contribution >= 4 is 0 Å². The second-order valence-corrected chi connectivity index (χ2v) is 7.29. The van der Waals surface area contributed by atoms with Gasteiger partial charge in [-0.25, -0.2) is 0 Å². The van der Waals surface area contributed by atoms with Crippen LogP contribution in [0.3, 0.4) is 0 Å². The average Bonchev–Trinajstić information content (AvgIpc) is 2.13. The lowest BCUT2D eigenvalue weighted by molar-refractivity contribution is 0.0379. The first-order chi connectivity index (χ1) is 7.77. The molecule has 3 nitrogen and oxygen atoms in total. The van der Waals surface area contributed by atoms with E-state index in [9.17, 15) is 0 Å². The summed E-state index contributed by atoms with van der Waals surface area (Å²) in [7, 11) is 2.23. The Hall–Kier alpha value is -0.120. The maximum Gasteiger partial charge on any atom is 0.0145 e. The third kappa shape index (κ3) is 3.43. The minimum atomic E-state index is 0.274. The standard InChI is InChI=1S/C14H29N3/c1-13(2)10-12(11-14(3,4)15-13)17-8-6-16(5)7-9-17/h12,15H,6-11H2,1-5H3. The molecule has 2 fully saturated rings. The van der Waals surface area contributed by atoms with Crippen molar-refractivity contribution in [2.45, 2.75) is 57.7 Å². The highest BCUT2D eigenvalue weighted by Gasteiger charge is 2.40. The van der Waals surface area contributed by atoms with Gasteiger partial charge in [-0.2, -0.15) is 0 Å². The Kier molecular flexibility index (Phi) is 3.54. The van der Waals surface area contributed by atoms with Crippen LogP contribution in [0.25, 0.3) is 0 Å². The van der Waals surface area contributed by atoms with E-state index in [0.717, 1.165) is 6.04 Å². The molecular weight excluding hydrogens is 210 g/mol. The van der Waals surface area contributed by atoms with Gasteiger partial charge in [0, 0.05) is 43.3 Å². The normalized spacial score (nSPS) is 31.6. The molecule has 0 radical (unpaired) electrons. The van der Waals surface area contributed by atoms with Gasteiger partial charge in [0.2, 0.25) is 0 Å². The van der Waals surface area contributed by atoms with Crippen LogP contribution in [0.15, 0.2) is 0 Å². The van der Waals surface area contributed by atoms with E-state index in [1.54, 1.807) is 0 Å². The fourth-order valence-electron chi connectivity index (χ4n) is 3.71. The van der Waals surface area contributed by atoms with Gasteiger partial charge in [0.15, 0.2) is 0 Å². The molecule has 0 atom stereocenters. The van der Waals surface area contributed by atoms with Crippen molar-refractivity contribution in [1.82, 2.24) is 15.1 Å². The summed E-state index contributed by atoms with van der Waals surface area (Å²) in [6.07, 6.45) is 2.56. The summed E-state index contributed by atoms with van der Waals surface area (Å²) in [5.41, 5.74) is 0.547. The van der Waals surface area contributed by atoms with Gasteiger partial charge < -0.3 is 10.2 Å². The molecule has 0 spiro atoms. The molecular formula is C14H29N3. The topological polar surface area (TPSA) is 18.5 Å². The predicted molar refractivity (Wildman–Crippen MR) is 73.4 cm³/mol. The van der Waals surface area contributed by atoms with Gasteiger partial charge in [-0.05, 0) is 47.6 Å². The zero-order valence-corrected chi connectivity index (χ0v) is 12.2. The second kappa shape index (κ2) is 4.52. The molecule has 0 unspecified atom stereocenters. The summed E-state index contributed by atoms with van der Waals surface area (Å²) in [5, 5.41) is 3.77. The highest BCUT2D eigenvalue weighted by atomic mass is 15.3. The third-order valence-corrected chi connectivity index (χ3v) is 4.22. The van der Waals surface area contributed by atoms with E-state index >= 15 is 0 Å². The van der Waals surface area contributed by atoms with Gasteiger partial charge in [-0.15, -0.1) is 0 Å². The third-order valence-electron chi connectivity index (χ3n) is 4.22. The monoisotopic (exact) mass is 239 g/mol. The first-order valence-electron chi connectivity index (χ1n) is 6.99. The molecule has 0 bridgehead atoms. The van der Waals surface area contributed by atoms with Crippen LogP contribution in [-0.4, -0.2) is 60.1 Å². The van der Waals surface area contributed by atoms with E-state index in [2.05, 4.69) is 49.9 Å². The number of hydrogen-bond acceptors (Lipinski definition) is 3. The maximum absolute atomic E-state index is 3.77. The highest BCUT2D eigenvalue weighted by molar-refractivity contribution is 5.00. The van der Waals surface area contributed by atoms with Crippen molar-refractivity contribution in [1.29, 1.82) is 0 Å². The van der Waals surface area contributed by atoms with Crippen LogP contribution in [0.4, 0.5) is 0 Å².